The third-order valence-corrected chi connectivity index (χ3v) is 4.96. The Kier molecular flexibility index (Phi) is 4.64. The number of hydrogen-bond acceptors (Lipinski definition) is 3. The third kappa shape index (κ3) is 3.05. The summed E-state index contributed by atoms with van der Waals surface area (Å²) >= 11 is 0. The first-order valence-electron chi connectivity index (χ1n) is 8.57. The average molecular weight is 331 g/mol. The number of phenols is 1. The van der Waals surface area contributed by atoms with E-state index in [0.717, 1.165) is 18.4 Å². The van der Waals surface area contributed by atoms with Crippen LogP contribution in [-0.4, -0.2) is 60.6 Å². The van der Waals surface area contributed by atoms with Crippen LogP contribution in [0.4, 0.5) is 10.5 Å². The predicted molar refractivity (Wildman–Crippen MR) is 92.2 cm³/mol. The van der Waals surface area contributed by atoms with Gasteiger partial charge in [-0.3, -0.25) is 4.79 Å². The number of urea groups is 1. The second kappa shape index (κ2) is 6.71. The molecule has 0 spiro atoms. The summed E-state index contributed by atoms with van der Waals surface area (Å²) in [5.41, 5.74) is 1.72. The van der Waals surface area contributed by atoms with Crippen molar-refractivity contribution in [1.29, 1.82) is 0 Å². The Balaban J connectivity index is 1.70. The van der Waals surface area contributed by atoms with E-state index in [1.807, 2.05) is 12.1 Å². The number of para-hydroxylation sites is 1. The number of nitrogens with zero attached hydrogens (tertiary/aromatic N) is 3. The van der Waals surface area contributed by atoms with Crippen molar-refractivity contribution in [1.82, 2.24) is 9.80 Å². The Labute approximate surface area is 142 Å². The number of phenolic OH excluding ortho intramolecular Hbond substituents is 1. The fourth-order valence-electron chi connectivity index (χ4n) is 3.67. The molecule has 130 valence electrons. The number of carbonyl (C=O) groups is 2. The molecule has 0 bridgehead atoms. The first kappa shape index (κ1) is 16.6. The Hall–Kier alpha value is -2.24. The lowest BCUT2D eigenvalue weighted by Crippen LogP contribution is -2.48. The number of aromatic hydroxyl groups is 1. The largest absolute Gasteiger partial charge is 0.506 e. The molecule has 2 aliphatic heterocycles. The molecule has 0 aliphatic carbocycles. The van der Waals surface area contributed by atoms with E-state index in [1.54, 1.807) is 34.9 Å². The van der Waals surface area contributed by atoms with Crippen molar-refractivity contribution in [2.75, 3.05) is 38.6 Å². The van der Waals surface area contributed by atoms with E-state index in [-0.39, 0.29) is 23.6 Å². The standard InChI is InChI=1S/C18H25N3O3/c1-19(2)18(24)20-11-8-14(9-12-20)17(23)21-10-4-6-13-5-3-7-15(22)16(13)21/h3,5,7,14,22H,4,6,8-12H2,1-2H3. The molecule has 1 fully saturated rings. The molecule has 3 rings (SSSR count). The number of benzene rings is 1. The lowest BCUT2D eigenvalue weighted by atomic mass is 9.93. The van der Waals surface area contributed by atoms with Gasteiger partial charge >= 0.3 is 6.03 Å². The molecule has 3 amide bonds. The van der Waals surface area contributed by atoms with Crippen LogP contribution in [0.2, 0.25) is 0 Å². The summed E-state index contributed by atoms with van der Waals surface area (Å²) in [6, 6.07) is 5.45. The van der Waals surface area contributed by atoms with Gasteiger partial charge in [-0.2, -0.15) is 0 Å². The van der Waals surface area contributed by atoms with Crippen LogP contribution in [0.25, 0.3) is 0 Å². The lowest BCUT2D eigenvalue weighted by Gasteiger charge is -2.37. The van der Waals surface area contributed by atoms with Gasteiger partial charge in [-0.05, 0) is 37.3 Å². The molecule has 1 N–H and O–H groups in total. The maximum Gasteiger partial charge on any atom is 0.319 e. The average Bonchev–Trinajstić information content (AvgIpc) is 2.60. The van der Waals surface area contributed by atoms with Gasteiger partial charge in [0.15, 0.2) is 0 Å². The van der Waals surface area contributed by atoms with Crippen molar-refractivity contribution in [2.24, 2.45) is 5.92 Å². The van der Waals surface area contributed by atoms with Crippen molar-refractivity contribution in [3.63, 3.8) is 0 Å². The zero-order valence-electron chi connectivity index (χ0n) is 14.4. The van der Waals surface area contributed by atoms with Gasteiger partial charge in [-0.15, -0.1) is 0 Å². The Morgan fingerprint density at radius 1 is 1.17 bits per heavy atom. The molecule has 0 unspecified atom stereocenters. The van der Waals surface area contributed by atoms with Crippen LogP contribution < -0.4 is 4.90 Å². The number of carbonyl (C=O) groups excluding carboxylic acids is 2. The molecule has 1 aromatic rings. The molecule has 2 heterocycles. The normalized spacial score (nSPS) is 18.2. The molecule has 0 saturated carbocycles. The number of fused-ring (bicyclic) bond motifs is 1. The van der Waals surface area contributed by atoms with Crippen molar-refractivity contribution in [3.8, 4) is 5.75 Å². The molecule has 1 aromatic carbocycles. The third-order valence-electron chi connectivity index (χ3n) is 4.96. The molecule has 0 aromatic heterocycles. The summed E-state index contributed by atoms with van der Waals surface area (Å²) in [7, 11) is 3.49. The SMILES string of the molecule is CN(C)C(=O)N1CCC(C(=O)N2CCCc3cccc(O)c32)CC1. The minimum absolute atomic E-state index is 0.00172. The van der Waals surface area contributed by atoms with E-state index >= 15 is 0 Å². The molecule has 0 atom stereocenters. The fraction of sp³-hybridized carbons (Fsp3) is 0.556. The van der Waals surface area contributed by atoms with Gasteiger partial charge in [0.2, 0.25) is 5.91 Å². The van der Waals surface area contributed by atoms with Crippen molar-refractivity contribution < 1.29 is 14.7 Å². The van der Waals surface area contributed by atoms with Gasteiger partial charge in [0.1, 0.15) is 5.75 Å². The minimum Gasteiger partial charge on any atom is -0.506 e. The number of amides is 3. The maximum atomic E-state index is 13.0. The Morgan fingerprint density at radius 2 is 1.88 bits per heavy atom. The van der Waals surface area contributed by atoms with E-state index in [9.17, 15) is 14.7 Å². The van der Waals surface area contributed by atoms with Crippen LogP contribution in [0, 0.1) is 5.92 Å². The molecule has 2 aliphatic rings. The van der Waals surface area contributed by atoms with E-state index < -0.39 is 0 Å². The zero-order valence-corrected chi connectivity index (χ0v) is 14.4. The van der Waals surface area contributed by atoms with E-state index in [2.05, 4.69) is 0 Å². The van der Waals surface area contributed by atoms with Crippen LogP contribution in [-0.2, 0) is 11.2 Å². The van der Waals surface area contributed by atoms with E-state index in [0.29, 0.717) is 38.2 Å². The molecule has 24 heavy (non-hydrogen) atoms. The number of piperidine rings is 1. The Bertz CT molecular complexity index is 636. The van der Waals surface area contributed by atoms with E-state index in [1.165, 1.54) is 0 Å². The number of anilines is 1. The van der Waals surface area contributed by atoms with Crippen LogP contribution in [0.1, 0.15) is 24.8 Å². The Morgan fingerprint density at radius 3 is 2.54 bits per heavy atom. The minimum atomic E-state index is -0.0817. The quantitative estimate of drug-likeness (QED) is 0.857. The number of hydrogen-bond donors (Lipinski definition) is 1. The second-order valence-electron chi connectivity index (χ2n) is 6.82. The molecule has 6 heteroatoms. The maximum absolute atomic E-state index is 13.0. The number of rotatable bonds is 1. The van der Waals surface area contributed by atoms with Gasteiger partial charge in [0.25, 0.3) is 0 Å². The predicted octanol–water partition coefficient (Wildman–Crippen LogP) is 2.06. The highest BCUT2D eigenvalue weighted by molar-refractivity contribution is 5.97. The van der Waals surface area contributed by atoms with Gasteiger partial charge < -0.3 is 19.8 Å². The summed E-state index contributed by atoms with van der Waals surface area (Å²) < 4.78 is 0. The zero-order chi connectivity index (χ0) is 17.3. The molecule has 6 nitrogen and oxygen atoms in total. The van der Waals surface area contributed by atoms with Gasteiger partial charge in [-0.25, -0.2) is 4.79 Å². The molecular weight excluding hydrogens is 306 g/mol. The summed E-state index contributed by atoms with van der Waals surface area (Å²) in [5, 5.41) is 10.2. The van der Waals surface area contributed by atoms with Gasteiger partial charge in [0, 0.05) is 39.6 Å². The highest BCUT2D eigenvalue weighted by atomic mass is 16.3. The van der Waals surface area contributed by atoms with Crippen molar-refractivity contribution >= 4 is 17.6 Å². The van der Waals surface area contributed by atoms with Crippen LogP contribution >= 0.6 is 0 Å². The van der Waals surface area contributed by atoms with Gasteiger partial charge in [-0.1, -0.05) is 12.1 Å². The lowest BCUT2D eigenvalue weighted by molar-refractivity contribution is -0.123. The van der Waals surface area contributed by atoms with Crippen LogP contribution in [0.3, 0.4) is 0 Å². The smallest absolute Gasteiger partial charge is 0.319 e. The van der Waals surface area contributed by atoms with Crippen LogP contribution in [0.5, 0.6) is 5.75 Å². The van der Waals surface area contributed by atoms with E-state index in [4.69, 9.17) is 0 Å². The summed E-state index contributed by atoms with van der Waals surface area (Å²) in [6.07, 6.45) is 3.17. The van der Waals surface area contributed by atoms with Crippen LogP contribution in [0.15, 0.2) is 18.2 Å². The highest BCUT2D eigenvalue weighted by Crippen LogP contribution is 2.37. The first-order valence-corrected chi connectivity index (χ1v) is 8.57. The second-order valence-corrected chi connectivity index (χ2v) is 6.82. The molecular formula is C18H25N3O3. The molecule has 1 saturated heterocycles. The first-order chi connectivity index (χ1) is 11.5. The van der Waals surface area contributed by atoms with Crippen molar-refractivity contribution in [2.45, 2.75) is 25.7 Å². The molecule has 0 radical (unpaired) electrons. The summed E-state index contributed by atoms with van der Waals surface area (Å²) in [4.78, 5) is 30.1. The summed E-state index contributed by atoms with van der Waals surface area (Å²) in [6.45, 7) is 1.87. The highest BCUT2D eigenvalue weighted by Gasteiger charge is 2.33. The summed E-state index contributed by atoms with van der Waals surface area (Å²) in [5.74, 6) is 0.178. The fourth-order valence-corrected chi connectivity index (χ4v) is 3.67. The van der Waals surface area contributed by atoms with Gasteiger partial charge in [0.05, 0.1) is 5.69 Å². The number of aryl methyl sites for hydroxylation is 1. The topological polar surface area (TPSA) is 64.1 Å². The monoisotopic (exact) mass is 331 g/mol. The van der Waals surface area contributed by atoms with Crippen molar-refractivity contribution in [3.05, 3.63) is 23.8 Å². The number of likely N-dealkylation sites (tertiary alicyclic amines) is 1.